The SMILES string of the molecule is O=C(NC1(Cl)CC=CC=C1c1ccc(Cl)cc1)c1cccnc1. The minimum atomic E-state index is -1.00. The molecule has 0 bridgehead atoms. The summed E-state index contributed by atoms with van der Waals surface area (Å²) in [5.74, 6) is -0.261. The van der Waals surface area contributed by atoms with Crippen LogP contribution in [-0.2, 0) is 0 Å². The Balaban J connectivity index is 1.89. The van der Waals surface area contributed by atoms with E-state index in [1.54, 1.807) is 30.5 Å². The maximum atomic E-state index is 12.4. The molecule has 1 atom stereocenters. The molecule has 1 unspecified atom stereocenters. The Bertz CT molecular complexity index is 769. The third kappa shape index (κ3) is 3.46. The van der Waals surface area contributed by atoms with Crippen LogP contribution in [0.4, 0.5) is 0 Å². The van der Waals surface area contributed by atoms with Crippen molar-refractivity contribution in [2.75, 3.05) is 0 Å². The van der Waals surface area contributed by atoms with Crippen LogP contribution < -0.4 is 5.32 Å². The number of alkyl halides is 1. The number of amides is 1. The fourth-order valence-corrected chi connectivity index (χ4v) is 2.93. The number of nitrogens with zero attached hydrogens (tertiary/aromatic N) is 1. The first-order valence-corrected chi connectivity index (χ1v) is 7.89. The third-order valence-electron chi connectivity index (χ3n) is 3.62. The molecule has 0 spiro atoms. The van der Waals surface area contributed by atoms with Crippen molar-refractivity contribution >= 4 is 34.7 Å². The molecule has 0 radical (unpaired) electrons. The molecule has 1 amide bonds. The minimum absolute atomic E-state index is 0.261. The van der Waals surface area contributed by atoms with E-state index < -0.39 is 5.00 Å². The monoisotopic (exact) mass is 344 g/mol. The molecule has 5 heteroatoms. The molecule has 0 aliphatic heterocycles. The second kappa shape index (κ2) is 6.57. The largest absolute Gasteiger partial charge is 0.329 e. The molecule has 2 aromatic rings. The van der Waals surface area contributed by atoms with E-state index in [0.717, 1.165) is 11.1 Å². The van der Waals surface area contributed by atoms with Crippen LogP contribution in [0.15, 0.2) is 67.0 Å². The van der Waals surface area contributed by atoms with Crippen LogP contribution in [0.25, 0.3) is 5.57 Å². The average Bonchev–Trinajstić information content (AvgIpc) is 2.57. The van der Waals surface area contributed by atoms with Crippen molar-refractivity contribution in [3.05, 3.63) is 83.2 Å². The van der Waals surface area contributed by atoms with Crippen molar-refractivity contribution in [1.82, 2.24) is 10.3 Å². The lowest BCUT2D eigenvalue weighted by atomic mass is 9.91. The highest BCUT2D eigenvalue weighted by Gasteiger charge is 2.35. The van der Waals surface area contributed by atoms with E-state index in [0.29, 0.717) is 17.0 Å². The fraction of sp³-hybridized carbons (Fsp3) is 0.111. The van der Waals surface area contributed by atoms with Crippen LogP contribution in [0.2, 0.25) is 5.02 Å². The summed E-state index contributed by atoms with van der Waals surface area (Å²) in [6, 6.07) is 10.8. The van der Waals surface area contributed by atoms with Gasteiger partial charge in [-0.05, 0) is 29.8 Å². The van der Waals surface area contributed by atoms with Gasteiger partial charge in [-0.25, -0.2) is 0 Å². The van der Waals surface area contributed by atoms with Gasteiger partial charge in [-0.3, -0.25) is 9.78 Å². The molecule has 1 N–H and O–H groups in total. The Labute approximate surface area is 144 Å². The molecule has 116 valence electrons. The molecular formula is C18H14Cl2N2O. The summed E-state index contributed by atoms with van der Waals surface area (Å²) in [4.78, 5) is 15.4. The van der Waals surface area contributed by atoms with E-state index in [2.05, 4.69) is 10.3 Å². The van der Waals surface area contributed by atoms with Crippen molar-refractivity contribution < 1.29 is 4.79 Å². The van der Waals surface area contributed by atoms with Gasteiger partial charge in [0.1, 0.15) is 5.00 Å². The second-order valence-electron chi connectivity index (χ2n) is 5.22. The standard InChI is InChI=1S/C18H14Cl2N2O/c19-15-8-6-13(7-9-15)16-5-1-2-10-18(16,20)22-17(23)14-4-3-11-21-12-14/h1-9,11-12H,10H2,(H,22,23). The van der Waals surface area contributed by atoms with E-state index in [9.17, 15) is 4.79 Å². The van der Waals surface area contributed by atoms with Crippen molar-refractivity contribution in [3.63, 3.8) is 0 Å². The van der Waals surface area contributed by atoms with Crippen LogP contribution in [0.1, 0.15) is 22.3 Å². The number of hydrogen-bond donors (Lipinski definition) is 1. The predicted octanol–water partition coefficient (Wildman–Crippen LogP) is 4.44. The Hall–Kier alpha value is -2.10. The second-order valence-corrected chi connectivity index (χ2v) is 6.30. The van der Waals surface area contributed by atoms with E-state index in [1.165, 1.54) is 6.20 Å². The number of benzene rings is 1. The van der Waals surface area contributed by atoms with E-state index in [-0.39, 0.29) is 5.91 Å². The number of hydrogen-bond acceptors (Lipinski definition) is 2. The van der Waals surface area contributed by atoms with Gasteiger partial charge in [0, 0.05) is 29.4 Å². The van der Waals surface area contributed by atoms with Crippen molar-refractivity contribution in [2.24, 2.45) is 0 Å². The smallest absolute Gasteiger partial charge is 0.254 e. The summed E-state index contributed by atoms with van der Waals surface area (Å²) in [7, 11) is 0. The summed E-state index contributed by atoms with van der Waals surface area (Å²) in [6.45, 7) is 0. The van der Waals surface area contributed by atoms with Gasteiger partial charge in [-0.2, -0.15) is 0 Å². The maximum absolute atomic E-state index is 12.4. The molecular weight excluding hydrogens is 331 g/mol. The number of rotatable bonds is 3. The zero-order valence-corrected chi connectivity index (χ0v) is 13.7. The van der Waals surface area contributed by atoms with Crippen LogP contribution in [0.3, 0.4) is 0 Å². The molecule has 1 heterocycles. The van der Waals surface area contributed by atoms with Crippen molar-refractivity contribution in [2.45, 2.75) is 11.4 Å². The van der Waals surface area contributed by atoms with Crippen LogP contribution in [0, 0.1) is 0 Å². The van der Waals surface area contributed by atoms with Crippen LogP contribution in [-0.4, -0.2) is 15.9 Å². The molecule has 1 aromatic heterocycles. The lowest BCUT2D eigenvalue weighted by Crippen LogP contribution is -2.45. The first-order chi connectivity index (χ1) is 11.1. The van der Waals surface area contributed by atoms with Gasteiger partial charge in [0.05, 0.1) is 5.56 Å². The molecule has 0 saturated carbocycles. The number of pyridine rings is 1. The number of carbonyl (C=O) groups is 1. The quantitative estimate of drug-likeness (QED) is 0.660. The maximum Gasteiger partial charge on any atom is 0.254 e. The van der Waals surface area contributed by atoms with Crippen molar-refractivity contribution in [3.8, 4) is 0 Å². The molecule has 3 nitrogen and oxygen atoms in total. The normalized spacial score (nSPS) is 20.0. The van der Waals surface area contributed by atoms with Gasteiger partial charge < -0.3 is 5.32 Å². The number of allylic oxidation sites excluding steroid dienone is 2. The summed E-state index contributed by atoms with van der Waals surface area (Å²) in [5.41, 5.74) is 2.22. The summed E-state index contributed by atoms with van der Waals surface area (Å²) >= 11 is 12.7. The highest BCUT2D eigenvalue weighted by Crippen LogP contribution is 2.37. The topological polar surface area (TPSA) is 42.0 Å². The average molecular weight is 345 g/mol. The van der Waals surface area contributed by atoms with Gasteiger partial charge in [0.15, 0.2) is 0 Å². The van der Waals surface area contributed by atoms with Gasteiger partial charge in [-0.1, -0.05) is 53.6 Å². The number of nitrogens with one attached hydrogen (secondary N) is 1. The number of carbonyl (C=O) groups excluding carboxylic acids is 1. The first-order valence-electron chi connectivity index (χ1n) is 7.13. The molecule has 0 saturated heterocycles. The van der Waals surface area contributed by atoms with Gasteiger partial charge >= 0.3 is 0 Å². The zero-order valence-electron chi connectivity index (χ0n) is 12.2. The number of halogens is 2. The molecule has 1 aromatic carbocycles. The molecule has 0 fully saturated rings. The number of aromatic nitrogens is 1. The minimum Gasteiger partial charge on any atom is -0.329 e. The highest BCUT2D eigenvalue weighted by molar-refractivity contribution is 6.32. The molecule has 1 aliphatic carbocycles. The Morgan fingerprint density at radius 2 is 2.00 bits per heavy atom. The Morgan fingerprint density at radius 3 is 2.70 bits per heavy atom. The Morgan fingerprint density at radius 1 is 1.22 bits per heavy atom. The third-order valence-corrected chi connectivity index (χ3v) is 4.32. The predicted molar refractivity (Wildman–Crippen MR) is 93.5 cm³/mol. The summed E-state index contributed by atoms with van der Waals surface area (Å²) in [5, 5.41) is 3.56. The Kier molecular flexibility index (Phi) is 4.51. The molecule has 3 rings (SSSR count). The van der Waals surface area contributed by atoms with Gasteiger partial charge in [0.2, 0.25) is 0 Å². The van der Waals surface area contributed by atoms with Crippen molar-refractivity contribution in [1.29, 1.82) is 0 Å². The van der Waals surface area contributed by atoms with Gasteiger partial charge in [0.25, 0.3) is 5.91 Å². The van der Waals surface area contributed by atoms with E-state index in [1.807, 2.05) is 30.4 Å². The summed E-state index contributed by atoms with van der Waals surface area (Å²) < 4.78 is 0. The van der Waals surface area contributed by atoms with E-state index in [4.69, 9.17) is 23.2 Å². The highest BCUT2D eigenvalue weighted by atomic mass is 35.5. The van der Waals surface area contributed by atoms with E-state index >= 15 is 0 Å². The van der Waals surface area contributed by atoms with Crippen LogP contribution in [0.5, 0.6) is 0 Å². The zero-order chi connectivity index (χ0) is 16.3. The molecule has 1 aliphatic rings. The summed E-state index contributed by atoms with van der Waals surface area (Å²) in [6.07, 6.45) is 9.39. The molecule has 23 heavy (non-hydrogen) atoms. The van der Waals surface area contributed by atoms with Gasteiger partial charge in [-0.15, -0.1) is 0 Å². The fourth-order valence-electron chi connectivity index (χ4n) is 2.46. The lowest BCUT2D eigenvalue weighted by molar-refractivity contribution is 0.0938. The first kappa shape index (κ1) is 15.8. The lowest BCUT2D eigenvalue weighted by Gasteiger charge is -2.32. The van der Waals surface area contributed by atoms with Crippen LogP contribution >= 0.6 is 23.2 Å².